The van der Waals surface area contributed by atoms with Gasteiger partial charge >= 0.3 is 0 Å². The summed E-state index contributed by atoms with van der Waals surface area (Å²) < 4.78 is 0. The molecule has 0 saturated heterocycles. The van der Waals surface area contributed by atoms with Crippen LogP contribution in [0.15, 0.2) is 23.2 Å². The number of anilines is 1. The summed E-state index contributed by atoms with van der Waals surface area (Å²) in [6.45, 7) is 6.39. The Kier molecular flexibility index (Phi) is 3.00. The number of nitrogens with one attached hydrogen (secondary N) is 1. The second kappa shape index (κ2) is 4.27. The lowest BCUT2D eigenvalue weighted by molar-refractivity contribution is 0.865. The van der Waals surface area contributed by atoms with Crippen molar-refractivity contribution in [3.63, 3.8) is 0 Å². The normalized spacial score (nSPS) is 20.2. The molecule has 2 nitrogen and oxygen atoms in total. The Morgan fingerprint density at radius 1 is 1.33 bits per heavy atom. The fourth-order valence-electron chi connectivity index (χ4n) is 1.66. The van der Waals surface area contributed by atoms with Crippen molar-refractivity contribution in [1.29, 1.82) is 0 Å². The second-order valence-corrected chi connectivity index (χ2v) is 4.99. The Balaban J connectivity index is 2.21. The minimum absolute atomic E-state index is 0.446. The van der Waals surface area contributed by atoms with E-state index >= 15 is 0 Å². The number of thioether (sulfide) groups is 1. The first-order chi connectivity index (χ1) is 7.16. The van der Waals surface area contributed by atoms with Crippen molar-refractivity contribution in [3.8, 4) is 0 Å². The highest BCUT2D eigenvalue weighted by atomic mass is 32.2. The summed E-state index contributed by atoms with van der Waals surface area (Å²) >= 11 is 1.80. The molecule has 0 saturated carbocycles. The summed E-state index contributed by atoms with van der Waals surface area (Å²) in [5.41, 5.74) is 3.76. The number of aryl methyl sites for hydroxylation is 2. The fraction of sp³-hybridized carbons (Fsp3) is 0.417. The van der Waals surface area contributed by atoms with Gasteiger partial charge in [-0.15, -0.1) is 0 Å². The van der Waals surface area contributed by atoms with E-state index in [1.54, 1.807) is 11.8 Å². The fourth-order valence-corrected chi connectivity index (χ4v) is 2.56. The first kappa shape index (κ1) is 10.6. The Hall–Kier alpha value is -0.960. The predicted octanol–water partition coefficient (Wildman–Crippen LogP) is 3.21. The summed E-state index contributed by atoms with van der Waals surface area (Å²) in [4.78, 5) is 4.53. The minimum atomic E-state index is 0.446. The number of benzene rings is 1. The van der Waals surface area contributed by atoms with Crippen LogP contribution in [0, 0.1) is 13.8 Å². The van der Waals surface area contributed by atoms with Crippen molar-refractivity contribution in [2.24, 2.45) is 4.99 Å². The highest BCUT2D eigenvalue weighted by molar-refractivity contribution is 8.14. The summed E-state index contributed by atoms with van der Waals surface area (Å²) in [6, 6.07) is 6.78. The van der Waals surface area contributed by atoms with Crippen LogP contribution in [0.3, 0.4) is 0 Å². The summed E-state index contributed by atoms with van der Waals surface area (Å²) in [5.74, 6) is 1.09. The lowest BCUT2D eigenvalue weighted by Gasteiger charge is -2.11. The molecule has 2 rings (SSSR count). The molecule has 0 bridgehead atoms. The topological polar surface area (TPSA) is 24.4 Å². The molecular weight excluding hydrogens is 204 g/mol. The smallest absolute Gasteiger partial charge is 0.161 e. The van der Waals surface area contributed by atoms with Crippen LogP contribution in [0.2, 0.25) is 0 Å². The Morgan fingerprint density at radius 3 is 2.53 bits per heavy atom. The van der Waals surface area contributed by atoms with Crippen LogP contribution in [0.5, 0.6) is 0 Å². The zero-order valence-corrected chi connectivity index (χ0v) is 10.2. The van der Waals surface area contributed by atoms with Gasteiger partial charge in [0.25, 0.3) is 0 Å². The van der Waals surface area contributed by atoms with Crippen molar-refractivity contribution in [1.82, 2.24) is 0 Å². The van der Waals surface area contributed by atoms with Gasteiger partial charge in [-0.05, 0) is 31.9 Å². The van der Waals surface area contributed by atoms with E-state index in [4.69, 9.17) is 0 Å². The van der Waals surface area contributed by atoms with Gasteiger partial charge in [0.15, 0.2) is 5.17 Å². The van der Waals surface area contributed by atoms with E-state index in [9.17, 15) is 0 Å². The molecule has 15 heavy (non-hydrogen) atoms. The van der Waals surface area contributed by atoms with E-state index in [-0.39, 0.29) is 0 Å². The molecule has 0 aliphatic carbocycles. The largest absolute Gasteiger partial charge is 0.335 e. The number of amidine groups is 1. The molecule has 1 unspecified atom stereocenters. The summed E-state index contributed by atoms with van der Waals surface area (Å²) in [5, 5.41) is 4.48. The zero-order chi connectivity index (χ0) is 10.8. The van der Waals surface area contributed by atoms with Gasteiger partial charge in [0.2, 0.25) is 0 Å². The Morgan fingerprint density at radius 2 is 2.00 bits per heavy atom. The van der Waals surface area contributed by atoms with Crippen LogP contribution in [0.4, 0.5) is 5.69 Å². The molecule has 1 aliphatic rings. The van der Waals surface area contributed by atoms with Crippen molar-refractivity contribution < 1.29 is 0 Å². The number of rotatable bonds is 1. The van der Waals surface area contributed by atoms with E-state index in [2.05, 4.69) is 49.3 Å². The molecule has 3 heteroatoms. The molecule has 0 aromatic heterocycles. The van der Waals surface area contributed by atoms with Crippen LogP contribution >= 0.6 is 11.8 Å². The number of hydrogen-bond donors (Lipinski definition) is 1. The highest BCUT2D eigenvalue weighted by Crippen LogP contribution is 2.24. The molecule has 0 amide bonds. The maximum atomic E-state index is 4.53. The van der Waals surface area contributed by atoms with E-state index in [1.165, 1.54) is 16.8 Å². The molecule has 1 aromatic rings. The predicted molar refractivity (Wildman–Crippen MR) is 68.9 cm³/mol. The number of hydrogen-bond acceptors (Lipinski definition) is 3. The van der Waals surface area contributed by atoms with Crippen LogP contribution in [-0.2, 0) is 0 Å². The van der Waals surface area contributed by atoms with Crippen LogP contribution in [0.25, 0.3) is 0 Å². The number of nitrogens with zero attached hydrogens (tertiary/aromatic N) is 1. The van der Waals surface area contributed by atoms with Crippen molar-refractivity contribution in [2.45, 2.75) is 26.8 Å². The van der Waals surface area contributed by atoms with Crippen molar-refractivity contribution >= 4 is 22.6 Å². The quantitative estimate of drug-likeness (QED) is 0.786. The number of aliphatic imine (C=N–C) groups is 1. The van der Waals surface area contributed by atoms with Gasteiger partial charge in [0, 0.05) is 11.4 Å². The standard InChI is InChI=1S/C12H16N2S/c1-8-5-4-6-9(2)11(8)14-12-13-10(3)7-15-12/h4-6,10H,7H2,1-3H3,(H,13,14). The van der Waals surface area contributed by atoms with Crippen LogP contribution < -0.4 is 5.32 Å². The van der Waals surface area contributed by atoms with Gasteiger partial charge in [0.1, 0.15) is 0 Å². The molecule has 0 spiro atoms. The van der Waals surface area contributed by atoms with Gasteiger partial charge in [-0.2, -0.15) is 0 Å². The lowest BCUT2D eigenvalue weighted by atomic mass is 10.1. The molecule has 0 fully saturated rings. The maximum absolute atomic E-state index is 4.53. The monoisotopic (exact) mass is 220 g/mol. The lowest BCUT2D eigenvalue weighted by Crippen LogP contribution is -2.07. The third kappa shape index (κ3) is 2.34. The summed E-state index contributed by atoms with van der Waals surface area (Å²) in [7, 11) is 0. The zero-order valence-electron chi connectivity index (χ0n) is 9.37. The molecule has 1 atom stereocenters. The average Bonchev–Trinajstić information content (AvgIpc) is 2.58. The van der Waals surface area contributed by atoms with E-state index in [0.717, 1.165) is 10.9 Å². The van der Waals surface area contributed by atoms with E-state index in [1.807, 2.05) is 0 Å². The Labute approximate surface area is 95.2 Å². The first-order valence-corrected chi connectivity index (χ1v) is 6.19. The van der Waals surface area contributed by atoms with Crippen molar-refractivity contribution in [3.05, 3.63) is 29.3 Å². The van der Waals surface area contributed by atoms with Gasteiger partial charge in [-0.25, -0.2) is 0 Å². The van der Waals surface area contributed by atoms with Crippen LogP contribution in [-0.4, -0.2) is 17.0 Å². The maximum Gasteiger partial charge on any atom is 0.161 e. The minimum Gasteiger partial charge on any atom is -0.335 e. The SMILES string of the molecule is Cc1cccc(C)c1NC1=NC(C)CS1. The highest BCUT2D eigenvalue weighted by Gasteiger charge is 2.14. The van der Waals surface area contributed by atoms with Gasteiger partial charge in [-0.3, -0.25) is 4.99 Å². The van der Waals surface area contributed by atoms with Crippen LogP contribution in [0.1, 0.15) is 18.1 Å². The van der Waals surface area contributed by atoms with Gasteiger partial charge < -0.3 is 5.32 Å². The molecule has 80 valence electrons. The summed E-state index contributed by atoms with van der Waals surface area (Å²) in [6.07, 6.45) is 0. The van der Waals surface area contributed by atoms with Gasteiger partial charge in [-0.1, -0.05) is 30.0 Å². The number of para-hydroxylation sites is 1. The molecule has 0 radical (unpaired) electrons. The molecule has 1 aliphatic heterocycles. The van der Waals surface area contributed by atoms with E-state index in [0.29, 0.717) is 6.04 Å². The third-order valence-corrected chi connectivity index (χ3v) is 3.64. The average molecular weight is 220 g/mol. The molecule has 1 heterocycles. The first-order valence-electron chi connectivity index (χ1n) is 5.20. The third-order valence-electron chi connectivity index (χ3n) is 2.51. The second-order valence-electron chi connectivity index (χ2n) is 3.99. The van der Waals surface area contributed by atoms with Gasteiger partial charge in [0.05, 0.1) is 6.04 Å². The van der Waals surface area contributed by atoms with Crippen molar-refractivity contribution in [2.75, 3.05) is 11.1 Å². The molecule has 1 aromatic carbocycles. The van der Waals surface area contributed by atoms with E-state index < -0.39 is 0 Å². The molecular formula is C12H16N2S. The molecule has 1 N–H and O–H groups in total. The Bertz CT molecular complexity index is 378.